The number of carbonyl (C=O) groups is 1. The zero-order valence-corrected chi connectivity index (χ0v) is 14.0. The topological polar surface area (TPSA) is 37.3 Å². The lowest BCUT2D eigenvalue weighted by molar-refractivity contribution is -0.124. The highest BCUT2D eigenvalue weighted by Gasteiger charge is 2.39. The zero-order chi connectivity index (χ0) is 16.3. The van der Waals surface area contributed by atoms with Crippen LogP contribution in [0.25, 0.3) is 5.69 Å². The molecular formula is C19H25N3O. The molecule has 0 spiro atoms. The summed E-state index contributed by atoms with van der Waals surface area (Å²) in [5.41, 5.74) is 1.67. The first-order valence-corrected chi connectivity index (χ1v) is 8.38. The summed E-state index contributed by atoms with van der Waals surface area (Å²) in [4.78, 5) is 15.0. The molecule has 1 aliphatic heterocycles. The van der Waals surface area contributed by atoms with Crippen molar-refractivity contribution in [2.24, 2.45) is 5.41 Å². The van der Waals surface area contributed by atoms with Crippen molar-refractivity contribution in [3.8, 4) is 5.69 Å². The molecule has 4 heteroatoms. The van der Waals surface area contributed by atoms with E-state index in [4.69, 9.17) is 0 Å². The van der Waals surface area contributed by atoms with Crippen molar-refractivity contribution in [2.45, 2.75) is 26.7 Å². The maximum atomic E-state index is 12.7. The van der Waals surface area contributed by atoms with Gasteiger partial charge in [0, 0.05) is 30.3 Å². The third-order valence-electron chi connectivity index (χ3n) is 4.67. The number of anilines is 1. The third kappa shape index (κ3) is 3.48. The van der Waals surface area contributed by atoms with E-state index in [0.29, 0.717) is 0 Å². The first kappa shape index (κ1) is 15.8. The fourth-order valence-electron chi connectivity index (χ4n) is 3.25. The Morgan fingerprint density at radius 3 is 2.57 bits per heavy atom. The van der Waals surface area contributed by atoms with Crippen LogP contribution in [0.2, 0.25) is 0 Å². The number of rotatable bonds is 5. The fourth-order valence-corrected chi connectivity index (χ4v) is 3.25. The van der Waals surface area contributed by atoms with Gasteiger partial charge in [0.05, 0.1) is 5.41 Å². The monoisotopic (exact) mass is 311 g/mol. The molecule has 1 aromatic heterocycles. The minimum absolute atomic E-state index is 0.129. The Morgan fingerprint density at radius 2 is 1.91 bits per heavy atom. The average molecular weight is 311 g/mol. The molecule has 122 valence electrons. The van der Waals surface area contributed by atoms with Gasteiger partial charge in [-0.2, -0.15) is 0 Å². The van der Waals surface area contributed by atoms with Crippen LogP contribution in [0.5, 0.6) is 0 Å². The SMILES string of the molecule is CCCN1CCC(C)(C(=O)Nc2ccc(-n3cccc3)cc2)C1. The van der Waals surface area contributed by atoms with Crippen molar-refractivity contribution in [1.29, 1.82) is 0 Å². The van der Waals surface area contributed by atoms with E-state index in [0.717, 1.165) is 43.9 Å². The number of aromatic nitrogens is 1. The quantitative estimate of drug-likeness (QED) is 0.917. The Morgan fingerprint density at radius 1 is 1.22 bits per heavy atom. The van der Waals surface area contributed by atoms with Gasteiger partial charge in [0.1, 0.15) is 0 Å². The molecule has 1 saturated heterocycles. The second kappa shape index (κ2) is 6.59. The number of benzene rings is 1. The molecule has 1 unspecified atom stereocenters. The largest absolute Gasteiger partial charge is 0.326 e. The summed E-state index contributed by atoms with van der Waals surface area (Å²) in [7, 11) is 0. The Balaban J connectivity index is 1.64. The third-order valence-corrected chi connectivity index (χ3v) is 4.67. The standard InChI is InChI=1S/C19H25N3O/c1-3-11-21-14-10-19(2,15-21)18(23)20-16-6-8-17(9-7-16)22-12-4-5-13-22/h4-9,12-13H,3,10-11,14-15H2,1-2H3,(H,20,23). The lowest BCUT2D eigenvalue weighted by Crippen LogP contribution is -2.36. The van der Waals surface area contributed by atoms with E-state index in [1.807, 2.05) is 53.4 Å². The normalized spacial score (nSPS) is 21.5. The number of hydrogen-bond acceptors (Lipinski definition) is 2. The molecule has 1 aliphatic rings. The van der Waals surface area contributed by atoms with E-state index in [1.165, 1.54) is 0 Å². The van der Waals surface area contributed by atoms with Gasteiger partial charge in [-0.25, -0.2) is 0 Å². The molecule has 2 heterocycles. The predicted molar refractivity (Wildman–Crippen MR) is 93.9 cm³/mol. The lowest BCUT2D eigenvalue weighted by Gasteiger charge is -2.23. The van der Waals surface area contributed by atoms with E-state index in [1.54, 1.807) is 0 Å². The second-order valence-corrected chi connectivity index (χ2v) is 6.68. The molecule has 0 saturated carbocycles. The van der Waals surface area contributed by atoms with Crippen LogP contribution in [0.15, 0.2) is 48.8 Å². The van der Waals surface area contributed by atoms with Crippen molar-refractivity contribution in [2.75, 3.05) is 25.0 Å². The Kier molecular flexibility index (Phi) is 4.53. The van der Waals surface area contributed by atoms with Gasteiger partial charge >= 0.3 is 0 Å². The number of nitrogens with zero attached hydrogens (tertiary/aromatic N) is 2. The summed E-state index contributed by atoms with van der Waals surface area (Å²) in [6, 6.07) is 12.0. The number of amides is 1. The summed E-state index contributed by atoms with van der Waals surface area (Å²) >= 11 is 0. The Bertz CT molecular complexity index is 648. The number of carbonyl (C=O) groups excluding carboxylic acids is 1. The van der Waals surface area contributed by atoms with Gasteiger partial charge in [-0.15, -0.1) is 0 Å². The Labute approximate surface area is 138 Å². The van der Waals surface area contributed by atoms with Crippen molar-refractivity contribution in [3.05, 3.63) is 48.8 Å². The molecule has 1 atom stereocenters. The summed E-state index contributed by atoms with van der Waals surface area (Å²) in [5, 5.41) is 3.08. The van der Waals surface area contributed by atoms with Crippen LogP contribution in [0, 0.1) is 5.41 Å². The van der Waals surface area contributed by atoms with Gasteiger partial charge in [-0.05, 0) is 69.3 Å². The van der Waals surface area contributed by atoms with Crippen LogP contribution < -0.4 is 5.32 Å². The Hall–Kier alpha value is -2.07. The molecule has 1 amide bonds. The maximum absolute atomic E-state index is 12.7. The second-order valence-electron chi connectivity index (χ2n) is 6.68. The van der Waals surface area contributed by atoms with Gasteiger partial charge in [0.25, 0.3) is 0 Å². The first-order valence-electron chi connectivity index (χ1n) is 8.38. The summed E-state index contributed by atoms with van der Waals surface area (Å²) < 4.78 is 2.05. The van der Waals surface area contributed by atoms with Crippen LogP contribution >= 0.6 is 0 Å². The molecule has 3 rings (SSSR count). The van der Waals surface area contributed by atoms with Crippen molar-refractivity contribution < 1.29 is 4.79 Å². The molecule has 1 N–H and O–H groups in total. The summed E-state index contributed by atoms with van der Waals surface area (Å²) in [5.74, 6) is 0.129. The van der Waals surface area contributed by atoms with Crippen LogP contribution in [0.3, 0.4) is 0 Å². The molecule has 0 bridgehead atoms. The highest BCUT2D eigenvalue weighted by atomic mass is 16.2. The molecule has 2 aromatic rings. The highest BCUT2D eigenvalue weighted by molar-refractivity contribution is 5.95. The van der Waals surface area contributed by atoms with Crippen molar-refractivity contribution in [1.82, 2.24) is 9.47 Å². The molecule has 0 radical (unpaired) electrons. The maximum Gasteiger partial charge on any atom is 0.231 e. The van der Waals surface area contributed by atoms with E-state index in [2.05, 4.69) is 24.1 Å². The van der Waals surface area contributed by atoms with E-state index < -0.39 is 0 Å². The van der Waals surface area contributed by atoms with E-state index >= 15 is 0 Å². The van der Waals surface area contributed by atoms with Gasteiger partial charge < -0.3 is 14.8 Å². The van der Waals surface area contributed by atoms with Crippen LogP contribution in [0.1, 0.15) is 26.7 Å². The highest BCUT2D eigenvalue weighted by Crippen LogP contribution is 2.31. The van der Waals surface area contributed by atoms with Gasteiger partial charge in [0.15, 0.2) is 0 Å². The molecule has 4 nitrogen and oxygen atoms in total. The minimum Gasteiger partial charge on any atom is -0.326 e. The number of hydrogen-bond donors (Lipinski definition) is 1. The number of likely N-dealkylation sites (tertiary alicyclic amines) is 1. The molecular weight excluding hydrogens is 286 g/mol. The summed E-state index contributed by atoms with van der Waals surface area (Å²) in [6.45, 7) is 7.21. The van der Waals surface area contributed by atoms with E-state index in [9.17, 15) is 4.79 Å². The zero-order valence-electron chi connectivity index (χ0n) is 14.0. The smallest absolute Gasteiger partial charge is 0.231 e. The lowest BCUT2D eigenvalue weighted by atomic mass is 9.88. The number of nitrogens with one attached hydrogen (secondary N) is 1. The van der Waals surface area contributed by atoms with Gasteiger partial charge in [0.2, 0.25) is 5.91 Å². The average Bonchev–Trinajstić information content (AvgIpc) is 3.19. The van der Waals surface area contributed by atoms with Crippen LogP contribution in [-0.4, -0.2) is 35.0 Å². The van der Waals surface area contributed by atoms with E-state index in [-0.39, 0.29) is 11.3 Å². The molecule has 1 fully saturated rings. The van der Waals surface area contributed by atoms with Crippen molar-refractivity contribution in [3.63, 3.8) is 0 Å². The van der Waals surface area contributed by atoms with Crippen LogP contribution in [0.4, 0.5) is 5.69 Å². The molecule has 23 heavy (non-hydrogen) atoms. The minimum atomic E-state index is -0.283. The fraction of sp³-hybridized carbons (Fsp3) is 0.421. The van der Waals surface area contributed by atoms with Gasteiger partial charge in [-0.3, -0.25) is 4.79 Å². The van der Waals surface area contributed by atoms with Crippen LogP contribution in [-0.2, 0) is 4.79 Å². The van der Waals surface area contributed by atoms with Crippen molar-refractivity contribution >= 4 is 11.6 Å². The first-order chi connectivity index (χ1) is 11.1. The molecule has 1 aromatic carbocycles. The molecule has 0 aliphatic carbocycles. The van der Waals surface area contributed by atoms with Gasteiger partial charge in [-0.1, -0.05) is 6.92 Å². The predicted octanol–water partition coefficient (Wildman–Crippen LogP) is 3.54. The summed E-state index contributed by atoms with van der Waals surface area (Å²) in [6.07, 6.45) is 6.09.